The average Bonchev–Trinajstić information content (AvgIpc) is 2.41. The summed E-state index contributed by atoms with van der Waals surface area (Å²) in [6.07, 6.45) is 1.50. The van der Waals surface area contributed by atoms with E-state index in [2.05, 4.69) is 10.6 Å². The molecule has 1 aliphatic heterocycles. The number of nitro benzene ring substituents is 1. The number of nitrogens with zero attached hydrogens (tertiary/aromatic N) is 1. The second-order valence-corrected chi connectivity index (χ2v) is 4.47. The maximum absolute atomic E-state index is 11.7. The first-order valence-corrected chi connectivity index (χ1v) is 6.58. The summed E-state index contributed by atoms with van der Waals surface area (Å²) in [7, 11) is 0. The van der Waals surface area contributed by atoms with Crippen LogP contribution in [0, 0.1) is 10.1 Å². The van der Waals surface area contributed by atoms with Crippen LogP contribution in [-0.2, 0) is 4.79 Å². The standard InChI is InChI=1S/C13H17N3O4/c1-2-20-11-7-3-5-9(12(11)16(18)19)15-10-6-4-8-14-13(10)17/h3,5,7,10,15H,2,4,6,8H2,1H3,(H,14,17). The highest BCUT2D eigenvalue weighted by atomic mass is 16.6. The fourth-order valence-corrected chi connectivity index (χ4v) is 2.20. The monoisotopic (exact) mass is 279 g/mol. The van der Waals surface area contributed by atoms with Gasteiger partial charge in [-0.25, -0.2) is 0 Å². The van der Waals surface area contributed by atoms with Crippen molar-refractivity contribution >= 4 is 17.3 Å². The summed E-state index contributed by atoms with van der Waals surface area (Å²) >= 11 is 0. The van der Waals surface area contributed by atoms with Gasteiger partial charge in [-0.2, -0.15) is 0 Å². The van der Waals surface area contributed by atoms with Crippen molar-refractivity contribution in [3.05, 3.63) is 28.3 Å². The smallest absolute Gasteiger partial charge is 0.333 e. The summed E-state index contributed by atoms with van der Waals surface area (Å²) in [5.74, 6) is 0.0751. The molecular formula is C13H17N3O4. The maximum Gasteiger partial charge on any atom is 0.333 e. The van der Waals surface area contributed by atoms with Crippen molar-refractivity contribution in [3.63, 3.8) is 0 Å². The number of anilines is 1. The Labute approximate surface area is 116 Å². The lowest BCUT2D eigenvalue weighted by Crippen LogP contribution is -2.44. The lowest BCUT2D eigenvalue weighted by molar-refractivity contribution is -0.384. The number of piperidine rings is 1. The average molecular weight is 279 g/mol. The summed E-state index contributed by atoms with van der Waals surface area (Å²) in [5, 5.41) is 16.9. The molecule has 0 bridgehead atoms. The molecule has 0 spiro atoms. The van der Waals surface area contributed by atoms with Gasteiger partial charge in [-0.3, -0.25) is 14.9 Å². The molecule has 1 fully saturated rings. The third kappa shape index (κ3) is 2.98. The number of hydrogen-bond acceptors (Lipinski definition) is 5. The molecule has 0 saturated carbocycles. The molecular weight excluding hydrogens is 262 g/mol. The highest BCUT2D eigenvalue weighted by Gasteiger charge is 2.27. The van der Waals surface area contributed by atoms with E-state index in [4.69, 9.17) is 4.74 Å². The zero-order valence-corrected chi connectivity index (χ0v) is 11.2. The van der Waals surface area contributed by atoms with Crippen LogP contribution in [0.5, 0.6) is 5.75 Å². The van der Waals surface area contributed by atoms with Crippen LogP contribution in [0.1, 0.15) is 19.8 Å². The molecule has 1 heterocycles. The van der Waals surface area contributed by atoms with Gasteiger partial charge in [0, 0.05) is 6.54 Å². The minimum atomic E-state index is -0.492. The topological polar surface area (TPSA) is 93.5 Å². The van der Waals surface area contributed by atoms with Crippen LogP contribution in [0.4, 0.5) is 11.4 Å². The molecule has 108 valence electrons. The van der Waals surface area contributed by atoms with E-state index in [9.17, 15) is 14.9 Å². The lowest BCUT2D eigenvalue weighted by atomic mass is 10.1. The van der Waals surface area contributed by atoms with E-state index in [1.807, 2.05) is 0 Å². The second kappa shape index (κ2) is 6.23. The van der Waals surface area contributed by atoms with Crippen molar-refractivity contribution in [2.45, 2.75) is 25.8 Å². The molecule has 1 atom stereocenters. The van der Waals surface area contributed by atoms with E-state index in [0.29, 0.717) is 25.3 Å². The Kier molecular flexibility index (Phi) is 4.39. The number of carbonyl (C=O) groups excluding carboxylic acids is 1. The van der Waals surface area contributed by atoms with Gasteiger partial charge in [0.15, 0.2) is 5.75 Å². The number of benzene rings is 1. The highest BCUT2D eigenvalue weighted by molar-refractivity contribution is 5.86. The number of ether oxygens (including phenoxy) is 1. The molecule has 2 rings (SSSR count). The first kappa shape index (κ1) is 14.1. The number of nitrogens with one attached hydrogen (secondary N) is 2. The Morgan fingerprint density at radius 2 is 2.35 bits per heavy atom. The summed E-state index contributed by atoms with van der Waals surface area (Å²) in [5.41, 5.74) is 0.177. The Morgan fingerprint density at radius 1 is 1.55 bits per heavy atom. The van der Waals surface area contributed by atoms with Crippen LogP contribution >= 0.6 is 0 Å². The Hall–Kier alpha value is -2.31. The number of nitro groups is 1. The molecule has 7 heteroatoms. The van der Waals surface area contributed by atoms with E-state index >= 15 is 0 Å². The molecule has 7 nitrogen and oxygen atoms in total. The van der Waals surface area contributed by atoms with Gasteiger partial charge in [-0.05, 0) is 31.9 Å². The minimum absolute atomic E-state index is 0.132. The normalized spacial score (nSPS) is 18.2. The quantitative estimate of drug-likeness (QED) is 0.632. The van der Waals surface area contributed by atoms with Crippen molar-refractivity contribution in [2.75, 3.05) is 18.5 Å². The fourth-order valence-electron chi connectivity index (χ4n) is 2.20. The molecule has 0 aliphatic carbocycles. The molecule has 20 heavy (non-hydrogen) atoms. The number of rotatable bonds is 5. The van der Waals surface area contributed by atoms with Crippen molar-refractivity contribution in [3.8, 4) is 5.75 Å². The number of para-hydroxylation sites is 1. The summed E-state index contributed by atoms with van der Waals surface area (Å²) in [6.45, 7) is 2.75. The van der Waals surface area contributed by atoms with Crippen LogP contribution in [0.3, 0.4) is 0 Å². The second-order valence-electron chi connectivity index (χ2n) is 4.47. The first-order chi connectivity index (χ1) is 9.63. The molecule has 0 aromatic heterocycles. The molecule has 1 aromatic rings. The van der Waals surface area contributed by atoms with E-state index in [1.165, 1.54) is 0 Å². The van der Waals surface area contributed by atoms with Gasteiger partial charge in [0.1, 0.15) is 11.7 Å². The number of hydrogen-bond donors (Lipinski definition) is 2. The zero-order valence-electron chi connectivity index (χ0n) is 11.2. The molecule has 0 radical (unpaired) electrons. The van der Waals surface area contributed by atoms with Gasteiger partial charge >= 0.3 is 5.69 Å². The van der Waals surface area contributed by atoms with Crippen molar-refractivity contribution < 1.29 is 14.5 Å². The summed E-state index contributed by atoms with van der Waals surface area (Å²) < 4.78 is 5.27. The van der Waals surface area contributed by atoms with Gasteiger partial charge in [0.25, 0.3) is 0 Å². The van der Waals surface area contributed by atoms with Crippen LogP contribution in [0.15, 0.2) is 18.2 Å². The molecule has 1 unspecified atom stereocenters. The predicted molar refractivity (Wildman–Crippen MR) is 73.9 cm³/mol. The minimum Gasteiger partial charge on any atom is -0.487 e. The molecule has 1 saturated heterocycles. The predicted octanol–water partition coefficient (Wildman–Crippen LogP) is 1.68. The molecule has 1 aliphatic rings. The lowest BCUT2D eigenvalue weighted by Gasteiger charge is -2.23. The van der Waals surface area contributed by atoms with Crippen molar-refractivity contribution in [1.82, 2.24) is 5.32 Å². The van der Waals surface area contributed by atoms with Crippen LogP contribution in [-0.4, -0.2) is 30.0 Å². The van der Waals surface area contributed by atoms with Crippen molar-refractivity contribution in [2.24, 2.45) is 0 Å². The Morgan fingerprint density at radius 3 is 3.00 bits per heavy atom. The van der Waals surface area contributed by atoms with Gasteiger partial charge in [0.05, 0.1) is 11.5 Å². The third-order valence-electron chi connectivity index (χ3n) is 3.10. The molecule has 1 aromatic carbocycles. The van der Waals surface area contributed by atoms with Crippen LogP contribution < -0.4 is 15.4 Å². The van der Waals surface area contributed by atoms with E-state index in [0.717, 1.165) is 6.42 Å². The van der Waals surface area contributed by atoms with Crippen molar-refractivity contribution in [1.29, 1.82) is 0 Å². The highest BCUT2D eigenvalue weighted by Crippen LogP contribution is 2.35. The first-order valence-electron chi connectivity index (χ1n) is 6.58. The molecule has 2 N–H and O–H groups in total. The molecule has 1 amide bonds. The van der Waals surface area contributed by atoms with E-state index in [-0.39, 0.29) is 17.3 Å². The van der Waals surface area contributed by atoms with Gasteiger partial charge in [-0.15, -0.1) is 0 Å². The van der Waals surface area contributed by atoms with Gasteiger partial charge in [-0.1, -0.05) is 6.07 Å². The Balaban J connectivity index is 2.28. The summed E-state index contributed by atoms with van der Waals surface area (Å²) in [4.78, 5) is 22.4. The third-order valence-corrected chi connectivity index (χ3v) is 3.10. The number of carbonyl (C=O) groups is 1. The SMILES string of the molecule is CCOc1cccc(NC2CCCNC2=O)c1[N+](=O)[O-]. The van der Waals surface area contributed by atoms with Gasteiger partial charge < -0.3 is 15.4 Å². The summed E-state index contributed by atoms with van der Waals surface area (Å²) in [6, 6.07) is 4.36. The maximum atomic E-state index is 11.7. The van der Waals surface area contributed by atoms with Crippen LogP contribution in [0.2, 0.25) is 0 Å². The van der Waals surface area contributed by atoms with Crippen LogP contribution in [0.25, 0.3) is 0 Å². The zero-order chi connectivity index (χ0) is 14.5. The Bertz CT molecular complexity index is 518. The van der Waals surface area contributed by atoms with Gasteiger partial charge in [0.2, 0.25) is 5.91 Å². The fraction of sp³-hybridized carbons (Fsp3) is 0.462. The largest absolute Gasteiger partial charge is 0.487 e. The van der Waals surface area contributed by atoms with E-state index < -0.39 is 11.0 Å². The van der Waals surface area contributed by atoms with E-state index in [1.54, 1.807) is 25.1 Å². The number of amides is 1.